The van der Waals surface area contributed by atoms with Crippen molar-refractivity contribution in [3.63, 3.8) is 0 Å². The van der Waals surface area contributed by atoms with Gasteiger partial charge in [0.25, 0.3) is 10.0 Å². The van der Waals surface area contributed by atoms with E-state index >= 15 is 0 Å². The van der Waals surface area contributed by atoms with E-state index < -0.39 is 21.9 Å². The topological polar surface area (TPSA) is 97.0 Å². The van der Waals surface area contributed by atoms with Crippen molar-refractivity contribution in [1.82, 2.24) is 24.3 Å². The third-order valence-corrected chi connectivity index (χ3v) is 6.24. The van der Waals surface area contributed by atoms with Gasteiger partial charge in [0, 0.05) is 18.8 Å². The number of H-pyrrole nitrogens is 1. The van der Waals surface area contributed by atoms with Gasteiger partial charge in [-0.2, -0.15) is 27.7 Å². The summed E-state index contributed by atoms with van der Waals surface area (Å²) in [5.74, 6) is -0.0686. The van der Waals surface area contributed by atoms with Gasteiger partial charge in [0.15, 0.2) is 5.76 Å². The molecular weight excluding hydrogens is 399 g/mol. The minimum Gasteiger partial charge on any atom is -0.442 e. The number of aromatic amines is 1. The highest BCUT2D eigenvalue weighted by Gasteiger charge is 2.40. The molecule has 4 heterocycles. The molecule has 0 spiro atoms. The molecule has 3 aromatic rings. The van der Waals surface area contributed by atoms with E-state index in [-0.39, 0.29) is 35.7 Å². The molecule has 0 aliphatic carbocycles. The Hall–Kier alpha value is -2.60. The van der Waals surface area contributed by atoms with Crippen molar-refractivity contribution in [3.8, 4) is 11.5 Å². The lowest BCUT2D eigenvalue weighted by atomic mass is 10.2. The van der Waals surface area contributed by atoms with Gasteiger partial charge in [-0.1, -0.05) is 0 Å². The molecule has 0 unspecified atom stereocenters. The van der Waals surface area contributed by atoms with Gasteiger partial charge in [-0.05, 0) is 38.1 Å². The van der Waals surface area contributed by atoms with Crippen LogP contribution in [0.25, 0.3) is 11.5 Å². The number of hydrogen-bond acceptors (Lipinski definition) is 5. The Bertz CT molecular complexity index is 1120. The van der Waals surface area contributed by atoms with Gasteiger partial charge in [0.05, 0.1) is 11.7 Å². The lowest BCUT2D eigenvalue weighted by Gasteiger charge is -2.37. The van der Waals surface area contributed by atoms with Crippen LogP contribution in [-0.4, -0.2) is 45.8 Å². The Morgan fingerprint density at radius 2 is 1.93 bits per heavy atom. The number of sulfonamides is 1. The molecule has 150 valence electrons. The minimum absolute atomic E-state index is 0.0686. The van der Waals surface area contributed by atoms with Crippen LogP contribution in [0.5, 0.6) is 0 Å². The van der Waals surface area contributed by atoms with Gasteiger partial charge >= 0.3 is 6.18 Å². The summed E-state index contributed by atoms with van der Waals surface area (Å²) in [6, 6.07) is 5.09. The second kappa shape index (κ2) is 6.21. The molecule has 1 N–H and O–H groups in total. The summed E-state index contributed by atoms with van der Waals surface area (Å²) in [7, 11) is -3.89. The van der Waals surface area contributed by atoms with E-state index in [4.69, 9.17) is 4.42 Å². The standard InChI is InChI=1S/C16H16F3N5O3S/c1-9-5-10(2)24(22-9)11-7-23(8-11)28(25,26)15-4-3-13(27-15)12-6-14(21-20-12)16(17,18)19/h3-6,11H,7-8H2,1-2H3,(H,20,21). The maximum atomic E-state index is 12.7. The highest BCUT2D eigenvalue weighted by atomic mass is 32.2. The van der Waals surface area contributed by atoms with E-state index in [1.54, 1.807) is 4.68 Å². The molecular formula is C16H16F3N5O3S. The number of nitrogens with one attached hydrogen (secondary N) is 1. The smallest absolute Gasteiger partial charge is 0.432 e. The highest BCUT2D eigenvalue weighted by Crippen LogP contribution is 2.33. The molecule has 4 rings (SSSR count). The summed E-state index contributed by atoms with van der Waals surface area (Å²) in [6.07, 6.45) is -4.58. The van der Waals surface area contributed by atoms with Crippen molar-refractivity contribution < 1.29 is 26.0 Å². The summed E-state index contributed by atoms with van der Waals surface area (Å²) < 4.78 is 71.7. The SMILES string of the molecule is Cc1cc(C)n(C2CN(S(=O)(=O)c3ccc(-c4cc(C(F)(F)F)[nH]n4)o3)C2)n1. The van der Waals surface area contributed by atoms with E-state index in [2.05, 4.69) is 10.2 Å². The molecule has 3 aromatic heterocycles. The van der Waals surface area contributed by atoms with Crippen molar-refractivity contribution in [1.29, 1.82) is 0 Å². The number of hydrogen-bond donors (Lipinski definition) is 1. The van der Waals surface area contributed by atoms with Crippen LogP contribution in [0.4, 0.5) is 13.2 Å². The molecule has 0 radical (unpaired) electrons. The first-order valence-corrected chi connectivity index (χ1v) is 9.75. The molecule has 1 aliphatic rings. The Morgan fingerprint density at radius 1 is 1.21 bits per heavy atom. The molecule has 12 heteroatoms. The molecule has 1 fully saturated rings. The molecule has 1 saturated heterocycles. The number of nitrogens with zero attached hydrogens (tertiary/aromatic N) is 4. The Labute approximate surface area is 158 Å². The summed E-state index contributed by atoms with van der Waals surface area (Å²) in [6.45, 7) is 4.23. The average Bonchev–Trinajstić information content (AvgIpc) is 3.24. The minimum atomic E-state index is -4.58. The third-order valence-electron chi connectivity index (χ3n) is 4.53. The zero-order valence-corrected chi connectivity index (χ0v) is 15.7. The second-order valence-corrected chi connectivity index (χ2v) is 8.50. The highest BCUT2D eigenvalue weighted by molar-refractivity contribution is 7.89. The average molecular weight is 415 g/mol. The van der Waals surface area contributed by atoms with Crippen LogP contribution in [0.3, 0.4) is 0 Å². The fraction of sp³-hybridized carbons (Fsp3) is 0.375. The van der Waals surface area contributed by atoms with Crippen molar-refractivity contribution in [2.75, 3.05) is 13.1 Å². The summed E-state index contributed by atoms with van der Waals surface area (Å²) in [5.41, 5.74) is 0.627. The number of furan rings is 1. The lowest BCUT2D eigenvalue weighted by Crippen LogP contribution is -2.50. The molecule has 0 bridgehead atoms. The summed E-state index contributed by atoms with van der Waals surface area (Å²) in [5, 5.41) is 9.41. The first-order valence-electron chi connectivity index (χ1n) is 8.31. The predicted molar refractivity (Wildman–Crippen MR) is 90.8 cm³/mol. The Balaban J connectivity index is 1.51. The fourth-order valence-corrected chi connectivity index (χ4v) is 4.53. The number of rotatable bonds is 4. The van der Waals surface area contributed by atoms with E-state index in [0.29, 0.717) is 0 Å². The quantitative estimate of drug-likeness (QED) is 0.707. The van der Waals surface area contributed by atoms with Crippen LogP contribution in [0.2, 0.25) is 0 Å². The van der Waals surface area contributed by atoms with Crippen LogP contribution in [0, 0.1) is 13.8 Å². The zero-order chi connectivity index (χ0) is 20.3. The molecule has 28 heavy (non-hydrogen) atoms. The van der Waals surface area contributed by atoms with Gasteiger partial charge in [-0.15, -0.1) is 0 Å². The zero-order valence-electron chi connectivity index (χ0n) is 14.9. The van der Waals surface area contributed by atoms with Crippen LogP contribution in [0.1, 0.15) is 23.1 Å². The van der Waals surface area contributed by atoms with E-state index in [9.17, 15) is 21.6 Å². The van der Waals surface area contributed by atoms with Gasteiger partial charge in [0.1, 0.15) is 11.4 Å². The normalized spacial score (nSPS) is 16.5. The van der Waals surface area contributed by atoms with E-state index in [1.165, 1.54) is 16.4 Å². The molecule has 8 nitrogen and oxygen atoms in total. The molecule has 0 atom stereocenters. The van der Waals surface area contributed by atoms with Crippen molar-refractivity contribution in [3.05, 3.63) is 41.3 Å². The van der Waals surface area contributed by atoms with Gasteiger partial charge in [-0.25, -0.2) is 8.42 Å². The second-order valence-electron chi connectivity index (χ2n) is 6.63. The maximum absolute atomic E-state index is 12.7. The van der Waals surface area contributed by atoms with Crippen LogP contribution >= 0.6 is 0 Å². The number of aryl methyl sites for hydroxylation is 2. The summed E-state index contributed by atoms with van der Waals surface area (Å²) >= 11 is 0. The number of halogens is 3. The largest absolute Gasteiger partial charge is 0.442 e. The Morgan fingerprint density at radius 3 is 2.50 bits per heavy atom. The van der Waals surface area contributed by atoms with E-state index in [1.807, 2.05) is 25.0 Å². The van der Waals surface area contributed by atoms with Crippen LogP contribution in [0.15, 0.2) is 33.8 Å². The van der Waals surface area contributed by atoms with Crippen LogP contribution in [-0.2, 0) is 16.2 Å². The maximum Gasteiger partial charge on any atom is 0.432 e. The van der Waals surface area contributed by atoms with Crippen LogP contribution < -0.4 is 0 Å². The monoisotopic (exact) mass is 415 g/mol. The van der Waals surface area contributed by atoms with E-state index in [0.717, 1.165) is 17.5 Å². The van der Waals surface area contributed by atoms with Crippen molar-refractivity contribution >= 4 is 10.0 Å². The number of alkyl halides is 3. The third kappa shape index (κ3) is 3.11. The molecule has 0 aromatic carbocycles. The lowest BCUT2D eigenvalue weighted by molar-refractivity contribution is -0.141. The number of aromatic nitrogens is 4. The molecule has 0 saturated carbocycles. The first kappa shape index (κ1) is 18.7. The molecule has 0 amide bonds. The predicted octanol–water partition coefficient (Wildman–Crippen LogP) is 2.75. The summed E-state index contributed by atoms with van der Waals surface area (Å²) in [4.78, 5) is 0. The van der Waals surface area contributed by atoms with Crippen molar-refractivity contribution in [2.24, 2.45) is 0 Å². The Kier molecular flexibility index (Phi) is 4.16. The molecule has 1 aliphatic heterocycles. The van der Waals surface area contributed by atoms with Gasteiger partial charge in [-0.3, -0.25) is 9.78 Å². The fourth-order valence-electron chi connectivity index (χ4n) is 3.10. The van der Waals surface area contributed by atoms with Gasteiger partial charge < -0.3 is 4.42 Å². The first-order chi connectivity index (χ1) is 13.1. The van der Waals surface area contributed by atoms with Crippen molar-refractivity contribution in [2.45, 2.75) is 31.2 Å². The van der Waals surface area contributed by atoms with Gasteiger partial charge in [0.2, 0.25) is 5.09 Å².